The fraction of sp³-hybridized carbons (Fsp3) is 0.615. The Bertz CT molecular complexity index is 541. The second-order valence-corrected chi connectivity index (χ2v) is 5.22. The third kappa shape index (κ3) is 1.83. The lowest BCUT2D eigenvalue weighted by atomic mass is 9.84. The largest absolute Gasteiger partial charge is 0.383 e. The van der Waals surface area contributed by atoms with Gasteiger partial charge in [0.15, 0.2) is 5.65 Å². The van der Waals surface area contributed by atoms with Gasteiger partial charge in [-0.3, -0.25) is 0 Å². The molecule has 0 radical (unpaired) electrons. The molecule has 18 heavy (non-hydrogen) atoms. The number of hydrogen-bond donors (Lipinski definition) is 1. The fourth-order valence-electron chi connectivity index (χ4n) is 2.99. The van der Waals surface area contributed by atoms with Gasteiger partial charge in [0.2, 0.25) is 0 Å². The second-order valence-electron chi connectivity index (χ2n) is 5.22. The SMILES string of the molecule is CC(C1CCCCC1)n1ncc2c(N)ncnc21. The van der Waals surface area contributed by atoms with Gasteiger partial charge in [-0.05, 0) is 25.7 Å². The molecule has 1 aliphatic carbocycles. The second kappa shape index (κ2) is 4.55. The van der Waals surface area contributed by atoms with Gasteiger partial charge in [-0.1, -0.05) is 19.3 Å². The van der Waals surface area contributed by atoms with Crippen molar-refractivity contribution < 1.29 is 0 Å². The summed E-state index contributed by atoms with van der Waals surface area (Å²) < 4.78 is 2.02. The van der Waals surface area contributed by atoms with Gasteiger partial charge in [0, 0.05) is 0 Å². The molecule has 0 spiro atoms. The van der Waals surface area contributed by atoms with Crippen LogP contribution < -0.4 is 5.73 Å². The maximum Gasteiger partial charge on any atom is 0.163 e. The molecule has 1 unspecified atom stereocenters. The smallest absolute Gasteiger partial charge is 0.163 e. The van der Waals surface area contributed by atoms with E-state index in [0.717, 1.165) is 11.0 Å². The monoisotopic (exact) mass is 245 g/mol. The van der Waals surface area contributed by atoms with Crippen LogP contribution in [-0.4, -0.2) is 19.7 Å². The molecule has 0 bridgehead atoms. The quantitative estimate of drug-likeness (QED) is 0.882. The van der Waals surface area contributed by atoms with Crippen molar-refractivity contribution in [2.24, 2.45) is 5.92 Å². The third-order valence-corrected chi connectivity index (χ3v) is 4.14. The van der Waals surface area contributed by atoms with Crippen molar-refractivity contribution in [2.45, 2.75) is 45.1 Å². The van der Waals surface area contributed by atoms with Crippen molar-refractivity contribution in [1.29, 1.82) is 0 Å². The first-order valence-electron chi connectivity index (χ1n) is 6.71. The number of fused-ring (bicyclic) bond motifs is 1. The Hall–Kier alpha value is -1.65. The molecule has 1 atom stereocenters. The Morgan fingerprint density at radius 3 is 2.83 bits per heavy atom. The third-order valence-electron chi connectivity index (χ3n) is 4.14. The molecule has 2 aromatic heterocycles. The fourth-order valence-corrected chi connectivity index (χ4v) is 2.99. The van der Waals surface area contributed by atoms with Gasteiger partial charge in [-0.15, -0.1) is 0 Å². The number of nitrogen functional groups attached to an aromatic ring is 1. The molecule has 96 valence electrons. The minimum atomic E-state index is 0.386. The van der Waals surface area contributed by atoms with Crippen LogP contribution in [0.5, 0.6) is 0 Å². The van der Waals surface area contributed by atoms with E-state index < -0.39 is 0 Å². The van der Waals surface area contributed by atoms with Crippen LogP contribution >= 0.6 is 0 Å². The van der Waals surface area contributed by atoms with Crippen molar-refractivity contribution in [3.05, 3.63) is 12.5 Å². The van der Waals surface area contributed by atoms with Gasteiger partial charge >= 0.3 is 0 Å². The van der Waals surface area contributed by atoms with E-state index in [2.05, 4.69) is 22.0 Å². The number of anilines is 1. The van der Waals surface area contributed by atoms with Crippen molar-refractivity contribution in [1.82, 2.24) is 19.7 Å². The van der Waals surface area contributed by atoms with Crippen LogP contribution in [0, 0.1) is 5.92 Å². The zero-order valence-corrected chi connectivity index (χ0v) is 10.7. The molecule has 2 N–H and O–H groups in total. The maximum absolute atomic E-state index is 5.84. The summed E-state index contributed by atoms with van der Waals surface area (Å²) in [4.78, 5) is 8.33. The average Bonchev–Trinajstić information content (AvgIpc) is 2.84. The Balaban J connectivity index is 1.96. The van der Waals surface area contributed by atoms with Crippen molar-refractivity contribution in [2.75, 3.05) is 5.73 Å². The lowest BCUT2D eigenvalue weighted by molar-refractivity contribution is 0.254. The summed E-state index contributed by atoms with van der Waals surface area (Å²) in [5.74, 6) is 1.22. The van der Waals surface area contributed by atoms with E-state index in [9.17, 15) is 0 Å². The molecule has 2 heterocycles. The molecular weight excluding hydrogens is 226 g/mol. The Labute approximate surface area is 106 Å². The van der Waals surface area contributed by atoms with Crippen LogP contribution in [0.25, 0.3) is 11.0 Å². The number of nitrogens with zero attached hydrogens (tertiary/aromatic N) is 4. The molecular formula is C13H19N5. The summed E-state index contributed by atoms with van der Waals surface area (Å²) in [6.07, 6.45) is 9.94. The van der Waals surface area contributed by atoms with Gasteiger partial charge < -0.3 is 5.73 Å². The standard InChI is InChI=1S/C13H19N5/c1-9(10-5-3-2-4-6-10)18-13-11(7-17-18)12(14)15-8-16-13/h7-10H,2-6H2,1H3,(H2,14,15,16). The van der Waals surface area contributed by atoms with E-state index in [-0.39, 0.29) is 0 Å². The predicted molar refractivity (Wildman–Crippen MR) is 71.0 cm³/mol. The molecule has 0 aliphatic heterocycles. The summed E-state index contributed by atoms with van der Waals surface area (Å²) in [6.45, 7) is 2.24. The van der Waals surface area contributed by atoms with Gasteiger partial charge in [0.05, 0.1) is 17.6 Å². The highest BCUT2D eigenvalue weighted by molar-refractivity contribution is 5.84. The molecule has 0 saturated heterocycles. The molecule has 3 rings (SSSR count). The molecule has 5 heteroatoms. The topological polar surface area (TPSA) is 69.6 Å². The highest BCUT2D eigenvalue weighted by Crippen LogP contribution is 2.33. The number of aromatic nitrogens is 4. The zero-order chi connectivity index (χ0) is 12.5. The average molecular weight is 245 g/mol. The molecule has 1 saturated carbocycles. The summed E-state index contributed by atoms with van der Waals surface area (Å²) in [6, 6.07) is 0.386. The number of hydrogen-bond acceptors (Lipinski definition) is 4. The molecule has 1 aliphatic rings. The molecule has 1 fully saturated rings. The van der Waals surface area contributed by atoms with Crippen LogP contribution in [0.4, 0.5) is 5.82 Å². The summed E-state index contributed by atoms with van der Waals surface area (Å²) >= 11 is 0. The predicted octanol–water partition coefficient (Wildman–Crippen LogP) is 2.55. The van der Waals surface area contributed by atoms with Gasteiger partial charge in [0.25, 0.3) is 0 Å². The van der Waals surface area contributed by atoms with Crippen LogP contribution in [0.15, 0.2) is 12.5 Å². The molecule has 0 aromatic carbocycles. The van der Waals surface area contributed by atoms with Crippen molar-refractivity contribution >= 4 is 16.9 Å². The number of rotatable bonds is 2. The Morgan fingerprint density at radius 1 is 1.28 bits per heavy atom. The van der Waals surface area contributed by atoms with E-state index in [1.54, 1.807) is 6.20 Å². The first kappa shape index (κ1) is 11.4. The summed E-state index contributed by atoms with van der Waals surface area (Å²) in [5.41, 5.74) is 6.71. The van der Waals surface area contributed by atoms with E-state index in [0.29, 0.717) is 17.8 Å². The lowest BCUT2D eigenvalue weighted by Gasteiger charge is -2.27. The minimum Gasteiger partial charge on any atom is -0.383 e. The first-order chi connectivity index (χ1) is 8.77. The van der Waals surface area contributed by atoms with Gasteiger partial charge in [-0.25, -0.2) is 14.6 Å². The highest BCUT2D eigenvalue weighted by Gasteiger charge is 2.23. The van der Waals surface area contributed by atoms with Crippen LogP contribution in [0.2, 0.25) is 0 Å². The first-order valence-corrected chi connectivity index (χ1v) is 6.71. The highest BCUT2D eigenvalue weighted by atomic mass is 15.3. The molecule has 5 nitrogen and oxygen atoms in total. The van der Waals surface area contributed by atoms with Crippen LogP contribution in [0.3, 0.4) is 0 Å². The summed E-state index contributed by atoms with van der Waals surface area (Å²) in [5, 5.41) is 5.33. The minimum absolute atomic E-state index is 0.386. The summed E-state index contributed by atoms with van der Waals surface area (Å²) in [7, 11) is 0. The lowest BCUT2D eigenvalue weighted by Crippen LogP contribution is -2.20. The van der Waals surface area contributed by atoms with E-state index >= 15 is 0 Å². The number of nitrogens with two attached hydrogens (primary N) is 1. The van der Waals surface area contributed by atoms with Gasteiger partial charge in [0.1, 0.15) is 12.1 Å². The Morgan fingerprint density at radius 2 is 2.06 bits per heavy atom. The van der Waals surface area contributed by atoms with Crippen LogP contribution in [-0.2, 0) is 0 Å². The molecule has 0 amide bonds. The zero-order valence-electron chi connectivity index (χ0n) is 10.7. The van der Waals surface area contributed by atoms with E-state index in [4.69, 9.17) is 5.73 Å². The normalized spacial score (nSPS) is 19.2. The van der Waals surface area contributed by atoms with E-state index in [1.165, 1.54) is 38.4 Å². The maximum atomic E-state index is 5.84. The van der Waals surface area contributed by atoms with E-state index in [1.807, 2.05) is 4.68 Å². The van der Waals surface area contributed by atoms with Crippen molar-refractivity contribution in [3.8, 4) is 0 Å². The molecule has 2 aromatic rings. The van der Waals surface area contributed by atoms with Crippen LogP contribution in [0.1, 0.15) is 45.1 Å². The van der Waals surface area contributed by atoms with Gasteiger partial charge in [-0.2, -0.15) is 5.10 Å². The van der Waals surface area contributed by atoms with Crippen molar-refractivity contribution in [3.63, 3.8) is 0 Å². The Kier molecular flexibility index (Phi) is 2.89.